The number of ether oxygens (including phenoxy) is 1. The molecule has 1 heterocycles. The van der Waals surface area contributed by atoms with Gasteiger partial charge in [0.2, 0.25) is 10.0 Å². The topological polar surface area (TPSA) is 55.4 Å². The van der Waals surface area contributed by atoms with E-state index in [1.165, 1.54) is 0 Å². The van der Waals surface area contributed by atoms with Crippen LogP contribution in [0, 0.1) is 6.92 Å². The van der Waals surface area contributed by atoms with E-state index >= 15 is 0 Å². The fourth-order valence-electron chi connectivity index (χ4n) is 1.21. The molecular weight excluding hydrogens is 190 g/mol. The molecule has 70 valence electrons. The van der Waals surface area contributed by atoms with Gasteiger partial charge >= 0.3 is 0 Å². The van der Waals surface area contributed by atoms with E-state index in [1.807, 2.05) is 6.92 Å². The monoisotopic (exact) mass is 199 g/mol. The summed E-state index contributed by atoms with van der Waals surface area (Å²) in [5.74, 6) is 0.429. The summed E-state index contributed by atoms with van der Waals surface area (Å²) in [5.41, 5.74) is 0.982. The second kappa shape index (κ2) is 2.71. The van der Waals surface area contributed by atoms with Crippen LogP contribution >= 0.6 is 0 Å². The Bertz CT molecular complexity index is 439. The Balaban J connectivity index is 2.66. The van der Waals surface area contributed by atoms with Gasteiger partial charge in [-0.3, -0.25) is 0 Å². The van der Waals surface area contributed by atoms with Crippen LogP contribution in [0.1, 0.15) is 5.56 Å². The van der Waals surface area contributed by atoms with E-state index in [0.717, 1.165) is 5.56 Å². The first-order chi connectivity index (χ1) is 6.09. The third kappa shape index (κ3) is 1.40. The summed E-state index contributed by atoms with van der Waals surface area (Å²) in [6, 6.07) is 5.01. The van der Waals surface area contributed by atoms with Crippen LogP contribution < -0.4 is 9.46 Å². The van der Waals surface area contributed by atoms with Gasteiger partial charge in [-0.15, -0.1) is 0 Å². The number of benzene rings is 1. The average Bonchev–Trinajstić information content (AvgIpc) is 2.02. The molecule has 0 amide bonds. The highest BCUT2D eigenvalue weighted by molar-refractivity contribution is 7.89. The third-order valence-electron chi connectivity index (χ3n) is 1.87. The second-order valence-corrected chi connectivity index (χ2v) is 4.62. The molecule has 0 aromatic heterocycles. The van der Waals surface area contributed by atoms with Gasteiger partial charge in [0.25, 0.3) is 0 Å². The SMILES string of the molecule is Cc1ccc2c(c1)OCNS2(=O)=O. The van der Waals surface area contributed by atoms with Gasteiger partial charge in [-0.1, -0.05) is 6.07 Å². The lowest BCUT2D eigenvalue weighted by atomic mass is 10.2. The number of hydrogen-bond acceptors (Lipinski definition) is 3. The van der Waals surface area contributed by atoms with Crippen molar-refractivity contribution in [3.8, 4) is 5.75 Å². The Hall–Kier alpha value is -1.07. The number of sulfonamides is 1. The van der Waals surface area contributed by atoms with Crippen molar-refractivity contribution in [1.82, 2.24) is 4.72 Å². The molecule has 0 aliphatic carbocycles. The van der Waals surface area contributed by atoms with E-state index < -0.39 is 10.0 Å². The lowest BCUT2D eigenvalue weighted by molar-refractivity contribution is 0.291. The van der Waals surface area contributed by atoms with Crippen molar-refractivity contribution >= 4 is 10.0 Å². The van der Waals surface area contributed by atoms with Gasteiger partial charge in [-0.05, 0) is 24.6 Å². The first kappa shape index (κ1) is 8.52. The minimum Gasteiger partial charge on any atom is -0.476 e. The number of nitrogens with one attached hydrogen (secondary N) is 1. The zero-order chi connectivity index (χ0) is 9.47. The molecule has 1 aromatic carbocycles. The highest BCUT2D eigenvalue weighted by atomic mass is 32.2. The molecule has 0 saturated heterocycles. The molecule has 0 bridgehead atoms. The van der Waals surface area contributed by atoms with Gasteiger partial charge in [0.15, 0.2) is 6.73 Å². The van der Waals surface area contributed by atoms with Crippen LogP contribution in [0.5, 0.6) is 5.75 Å². The van der Waals surface area contributed by atoms with Gasteiger partial charge in [0, 0.05) is 0 Å². The van der Waals surface area contributed by atoms with Gasteiger partial charge in [0.05, 0.1) is 0 Å². The van der Waals surface area contributed by atoms with E-state index in [2.05, 4.69) is 4.72 Å². The molecule has 0 fully saturated rings. The molecule has 0 atom stereocenters. The van der Waals surface area contributed by atoms with Crippen LogP contribution in [-0.4, -0.2) is 15.1 Å². The molecule has 1 aliphatic rings. The quantitative estimate of drug-likeness (QED) is 0.666. The molecule has 1 aromatic rings. The lowest BCUT2D eigenvalue weighted by Crippen LogP contribution is -2.32. The molecule has 1 N–H and O–H groups in total. The van der Waals surface area contributed by atoms with Crippen LogP contribution in [0.4, 0.5) is 0 Å². The predicted molar refractivity (Wildman–Crippen MR) is 47.0 cm³/mol. The summed E-state index contributed by atoms with van der Waals surface area (Å²) in [7, 11) is -3.33. The van der Waals surface area contributed by atoms with Crippen LogP contribution in [0.2, 0.25) is 0 Å². The minimum atomic E-state index is -3.33. The molecule has 0 saturated carbocycles. The summed E-state index contributed by atoms with van der Waals surface area (Å²) < 4.78 is 30.2. The molecule has 5 heteroatoms. The van der Waals surface area contributed by atoms with Gasteiger partial charge in [0.1, 0.15) is 10.6 Å². The van der Waals surface area contributed by atoms with Crippen LogP contribution in [0.3, 0.4) is 0 Å². The molecule has 0 radical (unpaired) electrons. The predicted octanol–water partition coefficient (Wildman–Crippen LogP) is 0.623. The number of hydrogen-bond donors (Lipinski definition) is 1. The van der Waals surface area contributed by atoms with E-state index in [4.69, 9.17) is 4.74 Å². The fraction of sp³-hybridized carbons (Fsp3) is 0.250. The highest BCUT2D eigenvalue weighted by Crippen LogP contribution is 2.27. The van der Waals surface area contributed by atoms with Crippen molar-refractivity contribution in [1.29, 1.82) is 0 Å². The maximum absolute atomic E-state index is 11.4. The van der Waals surface area contributed by atoms with Crippen LogP contribution in [-0.2, 0) is 10.0 Å². The first-order valence-corrected chi connectivity index (χ1v) is 5.31. The average molecular weight is 199 g/mol. The zero-order valence-electron chi connectivity index (χ0n) is 7.07. The van der Waals surface area contributed by atoms with Crippen molar-refractivity contribution < 1.29 is 13.2 Å². The molecule has 0 unspecified atom stereocenters. The summed E-state index contributed by atoms with van der Waals surface area (Å²) >= 11 is 0. The smallest absolute Gasteiger partial charge is 0.247 e. The molecule has 13 heavy (non-hydrogen) atoms. The van der Waals surface area contributed by atoms with Crippen LogP contribution in [0.25, 0.3) is 0 Å². The van der Waals surface area contributed by atoms with E-state index in [1.54, 1.807) is 18.2 Å². The Morgan fingerprint density at radius 2 is 2.23 bits per heavy atom. The van der Waals surface area contributed by atoms with Gasteiger partial charge in [-0.2, -0.15) is 4.72 Å². The highest BCUT2D eigenvalue weighted by Gasteiger charge is 2.23. The van der Waals surface area contributed by atoms with Gasteiger partial charge in [-0.25, -0.2) is 8.42 Å². The molecule has 1 aliphatic heterocycles. The maximum atomic E-state index is 11.4. The zero-order valence-corrected chi connectivity index (χ0v) is 7.89. The number of fused-ring (bicyclic) bond motifs is 1. The third-order valence-corrected chi connectivity index (χ3v) is 3.28. The van der Waals surface area contributed by atoms with Crippen molar-refractivity contribution in [2.24, 2.45) is 0 Å². The normalized spacial score (nSPS) is 18.8. The fourth-order valence-corrected chi connectivity index (χ4v) is 2.21. The standard InChI is InChI=1S/C8H9NO3S/c1-6-2-3-8-7(4-6)12-5-9-13(8,10)11/h2-4,9H,5H2,1H3. The van der Waals surface area contributed by atoms with E-state index in [0.29, 0.717) is 5.75 Å². The number of rotatable bonds is 0. The first-order valence-electron chi connectivity index (χ1n) is 3.83. The second-order valence-electron chi connectivity index (χ2n) is 2.89. The largest absolute Gasteiger partial charge is 0.476 e. The molecule has 4 nitrogen and oxygen atoms in total. The lowest BCUT2D eigenvalue weighted by Gasteiger charge is -2.18. The van der Waals surface area contributed by atoms with Crippen LogP contribution in [0.15, 0.2) is 23.1 Å². The van der Waals surface area contributed by atoms with E-state index in [-0.39, 0.29) is 11.6 Å². The molecule has 2 rings (SSSR count). The van der Waals surface area contributed by atoms with Gasteiger partial charge < -0.3 is 4.74 Å². The summed E-state index contributed by atoms with van der Waals surface area (Å²) in [6.07, 6.45) is 0. The maximum Gasteiger partial charge on any atom is 0.247 e. The summed E-state index contributed by atoms with van der Waals surface area (Å²) in [6.45, 7) is 1.90. The van der Waals surface area contributed by atoms with Crippen molar-refractivity contribution in [3.05, 3.63) is 23.8 Å². The number of aryl methyl sites for hydroxylation is 1. The van der Waals surface area contributed by atoms with Crippen molar-refractivity contribution in [2.45, 2.75) is 11.8 Å². The summed E-state index contributed by atoms with van der Waals surface area (Å²) in [5, 5.41) is 0. The minimum absolute atomic E-state index is 0.0127. The molecule has 0 spiro atoms. The Morgan fingerprint density at radius 1 is 1.46 bits per heavy atom. The Kier molecular flexibility index (Phi) is 1.78. The van der Waals surface area contributed by atoms with E-state index in [9.17, 15) is 8.42 Å². The summed E-state index contributed by atoms with van der Waals surface area (Å²) in [4.78, 5) is 0.212. The Morgan fingerprint density at radius 3 is 3.00 bits per heavy atom. The van der Waals surface area contributed by atoms with Crippen molar-refractivity contribution in [2.75, 3.05) is 6.73 Å². The molecular formula is C8H9NO3S. The van der Waals surface area contributed by atoms with Crippen molar-refractivity contribution in [3.63, 3.8) is 0 Å². The Labute approximate surface area is 76.6 Å².